The fourth-order valence-corrected chi connectivity index (χ4v) is 1.50. The van der Waals surface area contributed by atoms with Gasteiger partial charge in [0.1, 0.15) is 6.07 Å². The van der Waals surface area contributed by atoms with Crippen molar-refractivity contribution < 1.29 is 5.11 Å². The molecule has 1 atom stereocenters. The number of aryl methyl sites for hydroxylation is 1. The van der Waals surface area contributed by atoms with Crippen LogP contribution in [0.15, 0.2) is 18.2 Å². The molecule has 1 aromatic carbocycles. The lowest BCUT2D eigenvalue weighted by molar-refractivity contribution is 0.249. The minimum atomic E-state index is -0.0195. The van der Waals surface area contributed by atoms with Gasteiger partial charge in [-0.25, -0.2) is 0 Å². The molecule has 1 unspecified atom stereocenters. The molecule has 0 radical (unpaired) electrons. The Kier molecular flexibility index (Phi) is 4.33. The Morgan fingerprint density at radius 1 is 1.44 bits per heavy atom. The van der Waals surface area contributed by atoms with E-state index in [4.69, 9.17) is 5.26 Å². The van der Waals surface area contributed by atoms with Crippen LogP contribution in [0.3, 0.4) is 0 Å². The zero-order chi connectivity index (χ0) is 12.1. The Bertz CT molecular complexity index is 393. The Morgan fingerprint density at radius 2 is 2.12 bits per heavy atom. The van der Waals surface area contributed by atoms with E-state index in [1.165, 1.54) is 0 Å². The standard InChI is InChI=1S/C13H18N2O/c1-9(2)13(8-16)15-12-6-10(3)4-5-11(12)7-14/h4-6,9,13,15-16H,8H2,1-3H3. The summed E-state index contributed by atoms with van der Waals surface area (Å²) in [5, 5.41) is 21.4. The van der Waals surface area contributed by atoms with Crippen LogP contribution in [0.2, 0.25) is 0 Å². The Hall–Kier alpha value is -1.53. The number of aliphatic hydroxyl groups is 1. The number of rotatable bonds is 4. The molecular weight excluding hydrogens is 200 g/mol. The van der Waals surface area contributed by atoms with Gasteiger partial charge in [0.05, 0.1) is 23.9 Å². The van der Waals surface area contributed by atoms with Gasteiger partial charge in [0.25, 0.3) is 0 Å². The summed E-state index contributed by atoms with van der Waals surface area (Å²) in [6.45, 7) is 6.12. The highest BCUT2D eigenvalue weighted by Crippen LogP contribution is 2.19. The molecule has 0 aliphatic carbocycles. The molecule has 2 N–H and O–H groups in total. The largest absolute Gasteiger partial charge is 0.394 e. The highest BCUT2D eigenvalue weighted by molar-refractivity contribution is 5.59. The van der Waals surface area contributed by atoms with Gasteiger partial charge in [-0.1, -0.05) is 19.9 Å². The van der Waals surface area contributed by atoms with Crippen LogP contribution < -0.4 is 5.32 Å². The number of nitrogens with zero attached hydrogens (tertiary/aromatic N) is 1. The summed E-state index contributed by atoms with van der Waals surface area (Å²) in [7, 11) is 0. The van der Waals surface area contributed by atoms with Crippen LogP contribution in [-0.4, -0.2) is 17.8 Å². The highest BCUT2D eigenvalue weighted by Gasteiger charge is 2.13. The number of benzene rings is 1. The summed E-state index contributed by atoms with van der Waals surface area (Å²) in [6, 6.07) is 7.77. The van der Waals surface area contributed by atoms with Crippen LogP contribution in [-0.2, 0) is 0 Å². The van der Waals surface area contributed by atoms with Crippen molar-refractivity contribution in [1.29, 1.82) is 5.26 Å². The van der Waals surface area contributed by atoms with Crippen molar-refractivity contribution in [2.75, 3.05) is 11.9 Å². The van der Waals surface area contributed by atoms with Crippen LogP contribution >= 0.6 is 0 Å². The number of hydrogen-bond acceptors (Lipinski definition) is 3. The minimum Gasteiger partial charge on any atom is -0.394 e. The van der Waals surface area contributed by atoms with Gasteiger partial charge in [-0.3, -0.25) is 0 Å². The van der Waals surface area contributed by atoms with Crippen LogP contribution in [0, 0.1) is 24.2 Å². The second kappa shape index (κ2) is 5.53. The predicted octanol–water partition coefficient (Wildman–Crippen LogP) is 2.30. The molecule has 0 aliphatic heterocycles. The van der Waals surface area contributed by atoms with Crippen LogP contribution in [0.25, 0.3) is 0 Å². The van der Waals surface area contributed by atoms with E-state index in [0.29, 0.717) is 11.5 Å². The van der Waals surface area contributed by atoms with E-state index in [9.17, 15) is 5.11 Å². The third-order valence-corrected chi connectivity index (χ3v) is 2.64. The van der Waals surface area contributed by atoms with Crippen molar-refractivity contribution in [1.82, 2.24) is 0 Å². The van der Waals surface area contributed by atoms with Gasteiger partial charge in [0.15, 0.2) is 0 Å². The normalized spacial score (nSPS) is 12.2. The first-order valence-corrected chi connectivity index (χ1v) is 5.46. The molecule has 1 rings (SSSR count). The van der Waals surface area contributed by atoms with E-state index in [0.717, 1.165) is 11.3 Å². The van der Waals surface area contributed by atoms with E-state index < -0.39 is 0 Å². The molecule has 0 heterocycles. The van der Waals surface area contributed by atoms with Gasteiger partial charge in [0.2, 0.25) is 0 Å². The highest BCUT2D eigenvalue weighted by atomic mass is 16.3. The molecule has 0 aliphatic rings. The smallest absolute Gasteiger partial charge is 0.101 e. The Balaban J connectivity index is 2.95. The first-order valence-electron chi connectivity index (χ1n) is 5.46. The van der Waals surface area contributed by atoms with E-state index in [-0.39, 0.29) is 12.6 Å². The maximum atomic E-state index is 9.25. The quantitative estimate of drug-likeness (QED) is 0.815. The molecule has 3 heteroatoms. The van der Waals surface area contributed by atoms with Crippen LogP contribution in [0.4, 0.5) is 5.69 Å². The fraction of sp³-hybridized carbons (Fsp3) is 0.462. The van der Waals surface area contributed by atoms with E-state index in [1.807, 2.05) is 32.9 Å². The first-order chi connectivity index (χ1) is 7.58. The average molecular weight is 218 g/mol. The molecule has 0 saturated carbocycles. The molecule has 1 aromatic rings. The van der Waals surface area contributed by atoms with Gasteiger partial charge < -0.3 is 10.4 Å². The second-order valence-electron chi connectivity index (χ2n) is 4.34. The molecule has 86 valence electrons. The van der Waals surface area contributed by atoms with E-state index >= 15 is 0 Å². The maximum Gasteiger partial charge on any atom is 0.101 e. The molecule has 0 bridgehead atoms. The molecule has 0 spiro atoms. The molecular formula is C13H18N2O. The molecule has 3 nitrogen and oxygen atoms in total. The summed E-state index contributed by atoms with van der Waals surface area (Å²) < 4.78 is 0. The van der Waals surface area contributed by atoms with Crippen molar-refractivity contribution in [3.05, 3.63) is 29.3 Å². The number of nitriles is 1. The van der Waals surface area contributed by atoms with Gasteiger partial charge in [0, 0.05) is 0 Å². The molecule has 0 fully saturated rings. The van der Waals surface area contributed by atoms with Crippen molar-refractivity contribution in [3.63, 3.8) is 0 Å². The van der Waals surface area contributed by atoms with Crippen molar-refractivity contribution in [3.8, 4) is 6.07 Å². The fourth-order valence-electron chi connectivity index (χ4n) is 1.50. The molecule has 0 aromatic heterocycles. The van der Waals surface area contributed by atoms with Gasteiger partial charge in [-0.15, -0.1) is 0 Å². The lowest BCUT2D eigenvalue weighted by Gasteiger charge is -2.22. The Morgan fingerprint density at radius 3 is 2.62 bits per heavy atom. The topological polar surface area (TPSA) is 56.0 Å². The number of hydrogen-bond donors (Lipinski definition) is 2. The summed E-state index contributed by atoms with van der Waals surface area (Å²) in [4.78, 5) is 0. The third-order valence-electron chi connectivity index (χ3n) is 2.64. The first kappa shape index (κ1) is 12.5. The maximum absolute atomic E-state index is 9.25. The monoisotopic (exact) mass is 218 g/mol. The molecule has 16 heavy (non-hydrogen) atoms. The second-order valence-corrected chi connectivity index (χ2v) is 4.34. The van der Waals surface area contributed by atoms with Crippen LogP contribution in [0.1, 0.15) is 25.0 Å². The zero-order valence-electron chi connectivity index (χ0n) is 9.99. The predicted molar refractivity (Wildman–Crippen MR) is 65.2 cm³/mol. The van der Waals surface area contributed by atoms with Gasteiger partial charge in [-0.05, 0) is 30.5 Å². The number of aliphatic hydroxyl groups excluding tert-OH is 1. The van der Waals surface area contributed by atoms with Crippen molar-refractivity contribution in [2.24, 2.45) is 5.92 Å². The van der Waals surface area contributed by atoms with E-state index in [2.05, 4.69) is 11.4 Å². The average Bonchev–Trinajstić information content (AvgIpc) is 2.25. The van der Waals surface area contributed by atoms with Crippen molar-refractivity contribution in [2.45, 2.75) is 26.8 Å². The summed E-state index contributed by atoms with van der Waals surface area (Å²) in [6.07, 6.45) is 0. The third kappa shape index (κ3) is 2.98. The zero-order valence-corrected chi connectivity index (χ0v) is 9.99. The lowest BCUT2D eigenvalue weighted by atomic mass is 10.0. The van der Waals surface area contributed by atoms with Crippen molar-refractivity contribution >= 4 is 5.69 Å². The lowest BCUT2D eigenvalue weighted by Crippen LogP contribution is -2.29. The number of nitrogens with one attached hydrogen (secondary N) is 1. The summed E-state index contributed by atoms with van der Waals surface area (Å²) in [5.74, 6) is 0.317. The van der Waals surface area contributed by atoms with Gasteiger partial charge in [-0.2, -0.15) is 5.26 Å². The SMILES string of the molecule is Cc1ccc(C#N)c(NC(CO)C(C)C)c1. The Labute approximate surface area is 96.7 Å². The molecule has 0 saturated heterocycles. The molecule has 0 amide bonds. The number of anilines is 1. The van der Waals surface area contributed by atoms with E-state index in [1.54, 1.807) is 6.07 Å². The van der Waals surface area contributed by atoms with Gasteiger partial charge >= 0.3 is 0 Å². The minimum absolute atomic E-state index is 0.0195. The summed E-state index contributed by atoms with van der Waals surface area (Å²) in [5.41, 5.74) is 2.52. The summed E-state index contributed by atoms with van der Waals surface area (Å²) >= 11 is 0. The van der Waals surface area contributed by atoms with Crippen LogP contribution in [0.5, 0.6) is 0 Å².